The summed E-state index contributed by atoms with van der Waals surface area (Å²) in [6, 6.07) is 4.91. The highest BCUT2D eigenvalue weighted by atomic mass is 16.7. The van der Waals surface area contributed by atoms with Gasteiger partial charge >= 0.3 is 12.1 Å². The quantitative estimate of drug-likeness (QED) is 0.0312. The van der Waals surface area contributed by atoms with Crippen molar-refractivity contribution in [2.45, 2.75) is 201 Å². The van der Waals surface area contributed by atoms with E-state index < -0.39 is 102 Å². The Bertz CT molecular complexity index is 2150. The van der Waals surface area contributed by atoms with Crippen molar-refractivity contribution in [2.24, 2.45) is 23.7 Å². The number of esters is 1. The predicted molar refractivity (Wildman–Crippen MR) is 314 cm³/mol. The van der Waals surface area contributed by atoms with Crippen LogP contribution in [0.5, 0.6) is 0 Å². The Morgan fingerprint density at radius 2 is 1.46 bits per heavy atom. The maximum atomic E-state index is 14.5. The monoisotopic (exact) mass is 1180 g/mol. The van der Waals surface area contributed by atoms with E-state index >= 15 is 0 Å². The van der Waals surface area contributed by atoms with Gasteiger partial charge in [-0.1, -0.05) is 92.1 Å². The normalized spacial score (nSPS) is 17.7. The summed E-state index contributed by atoms with van der Waals surface area (Å²) >= 11 is 0. The van der Waals surface area contributed by atoms with Crippen LogP contribution in [0.2, 0.25) is 0 Å². The number of rotatable bonds is 37. The van der Waals surface area contributed by atoms with Crippen LogP contribution in [-0.2, 0) is 68.4 Å². The minimum absolute atomic E-state index is 0.00304. The number of likely N-dealkylation sites (N-methyl/N-ethyl adjacent to an activating group) is 2. The summed E-state index contributed by atoms with van der Waals surface area (Å²) in [5.74, 6) is -4.03. The highest BCUT2D eigenvalue weighted by Gasteiger charge is 2.44. The zero-order valence-electron chi connectivity index (χ0n) is 52.9. The van der Waals surface area contributed by atoms with E-state index in [1.54, 1.807) is 23.8 Å². The van der Waals surface area contributed by atoms with Crippen molar-refractivity contribution in [1.29, 1.82) is 0 Å². The summed E-state index contributed by atoms with van der Waals surface area (Å²) < 4.78 is 34.2. The summed E-state index contributed by atoms with van der Waals surface area (Å²) in [4.78, 5) is 114. The fourth-order valence-corrected chi connectivity index (χ4v) is 10.3. The number of alkyl carbamates (subject to hydrolysis) is 1. The molecular weight excluding hydrogens is 1070 g/mol. The lowest BCUT2D eigenvalue weighted by Gasteiger charge is -2.41. The Kier molecular flexibility index (Phi) is 32.9. The van der Waals surface area contributed by atoms with E-state index in [0.29, 0.717) is 32.2 Å². The van der Waals surface area contributed by atoms with Crippen LogP contribution in [0.15, 0.2) is 30.3 Å². The van der Waals surface area contributed by atoms with Crippen LogP contribution >= 0.6 is 0 Å². The average molecular weight is 1180 g/mol. The van der Waals surface area contributed by atoms with Crippen molar-refractivity contribution in [2.75, 3.05) is 74.8 Å². The van der Waals surface area contributed by atoms with E-state index in [1.807, 2.05) is 119 Å². The summed E-state index contributed by atoms with van der Waals surface area (Å²) in [5, 5.41) is 23.3. The molecule has 0 aliphatic carbocycles. The van der Waals surface area contributed by atoms with Gasteiger partial charge < -0.3 is 69.9 Å². The predicted octanol–water partition coefficient (Wildman–Crippen LogP) is 3.96. The molecule has 1 saturated heterocycles. The maximum Gasteiger partial charge on any atom is 0.407 e. The van der Waals surface area contributed by atoms with Crippen LogP contribution in [0.1, 0.15) is 134 Å². The Labute approximate surface area is 494 Å². The van der Waals surface area contributed by atoms with Crippen molar-refractivity contribution in [3.63, 3.8) is 0 Å². The van der Waals surface area contributed by atoms with Gasteiger partial charge in [0, 0.05) is 53.7 Å². The molecule has 1 aromatic carbocycles. The number of nitrogens with zero attached hydrogens (tertiary/aromatic N) is 3. The second-order valence-electron chi connectivity index (χ2n) is 23.6. The number of benzene rings is 1. The number of hydrogen-bond acceptors (Lipinski definition) is 16. The second kappa shape index (κ2) is 37.1. The van der Waals surface area contributed by atoms with Gasteiger partial charge in [0.05, 0.1) is 67.6 Å². The number of ether oxygens (including phenoxy) is 6. The fourth-order valence-electron chi connectivity index (χ4n) is 10.3. The first kappa shape index (κ1) is 73.6. The van der Waals surface area contributed by atoms with Gasteiger partial charge in [-0.3, -0.25) is 33.7 Å². The molecule has 12 atom stereocenters. The Morgan fingerprint density at radius 1 is 0.795 bits per heavy atom. The fraction of sp³-hybridized carbons (Fsp3) is 0.767. The highest BCUT2D eigenvalue weighted by molar-refractivity contribution is 5.91. The molecule has 474 valence electrons. The molecule has 2 rings (SSSR count). The molecule has 1 aliphatic rings. The first-order valence-corrected chi connectivity index (χ1v) is 29.6. The van der Waals surface area contributed by atoms with Gasteiger partial charge in [0.1, 0.15) is 24.7 Å². The maximum absolute atomic E-state index is 14.5. The van der Waals surface area contributed by atoms with Crippen molar-refractivity contribution < 1.29 is 71.9 Å². The highest BCUT2D eigenvalue weighted by Crippen LogP contribution is 2.30. The third-order valence-corrected chi connectivity index (χ3v) is 14.9. The molecule has 6 N–H and O–H groups in total. The molecule has 23 nitrogen and oxygen atoms in total. The minimum Gasteiger partial charge on any atom is -0.464 e. The standard InChI is InChI=1S/C60H104N8O15/c1-18-39(7)52(67(15)57(75)50(37(3)4)65-56(74)51(38(5)6)66(13)14)46(78-16)34-48(71)68-31-23-27-45(68)53(79-17)40(8)54(72)64-44(33-42-25-21-20-22-26-42)55(73)61-29-24-32-80-58(76)41(9)63-47(70)28-30-62-59(77)81-36-49(83-60(10,11)12)82-43(19-2)35-69/h20-22,25-26,37-41,43-46,49-53,69H,18-19,23-24,27-36H2,1-17H3,(H,61,73)(H,62,77)(H,63,70)(H,64,72)(H,65,74)/t39-,40+,41-,43?,44-,45-,46+,49?,50-,51-,52-,53+/m0/s1. The van der Waals surface area contributed by atoms with E-state index in [9.17, 15) is 43.5 Å². The van der Waals surface area contributed by atoms with Crippen LogP contribution in [0.25, 0.3) is 0 Å². The molecule has 2 unspecified atom stereocenters. The van der Waals surface area contributed by atoms with E-state index in [2.05, 4.69) is 26.6 Å². The Balaban J connectivity index is 2.06. The van der Waals surface area contributed by atoms with Crippen LogP contribution in [-0.4, -0.2) is 209 Å². The zero-order valence-corrected chi connectivity index (χ0v) is 52.9. The average Bonchev–Trinajstić information content (AvgIpc) is 4.05. The van der Waals surface area contributed by atoms with E-state index in [-0.39, 0.29) is 94.1 Å². The summed E-state index contributed by atoms with van der Waals surface area (Å²) in [6.07, 6.45) is -1.12. The topological polar surface area (TPSA) is 282 Å². The van der Waals surface area contributed by atoms with Gasteiger partial charge in [-0.25, -0.2) is 9.59 Å². The molecule has 0 bridgehead atoms. The summed E-state index contributed by atoms with van der Waals surface area (Å²) in [7, 11) is 8.40. The van der Waals surface area contributed by atoms with E-state index in [0.717, 1.165) is 5.56 Å². The Morgan fingerprint density at radius 3 is 2.01 bits per heavy atom. The molecule has 0 spiro atoms. The van der Waals surface area contributed by atoms with Crippen molar-refractivity contribution >= 4 is 47.5 Å². The van der Waals surface area contributed by atoms with Crippen molar-refractivity contribution in [3.05, 3.63) is 35.9 Å². The molecular formula is C60H104N8O15. The molecule has 0 aromatic heterocycles. The van der Waals surface area contributed by atoms with E-state index in [4.69, 9.17) is 28.4 Å². The molecule has 1 aliphatic heterocycles. The molecule has 7 amide bonds. The van der Waals surface area contributed by atoms with Gasteiger partial charge in [0.2, 0.25) is 35.4 Å². The molecule has 1 aromatic rings. The number of likely N-dealkylation sites (tertiary alicyclic amines) is 1. The van der Waals surface area contributed by atoms with Gasteiger partial charge in [0.15, 0.2) is 6.29 Å². The van der Waals surface area contributed by atoms with Crippen LogP contribution in [0, 0.1) is 23.7 Å². The van der Waals surface area contributed by atoms with Crippen LogP contribution in [0.3, 0.4) is 0 Å². The SMILES string of the molecule is CCC(CO)OC(COC(=O)NCCC(=O)N[C@@H](C)C(=O)OCCCNC(=O)[C@H](Cc1ccccc1)NC(=O)[C@H](C)[C@@H](OC)[C@@H]1CCCN1C(=O)C[C@@H](OC)[C@H]([C@@H](C)CC)N(C)C(=O)[C@@H](NC(=O)[C@H](C(C)C)N(C)C)C(C)C)OC(C)(C)C. The summed E-state index contributed by atoms with van der Waals surface area (Å²) in [5.41, 5.74) is 0.182. The number of carbonyl (C=O) groups excluding carboxylic acids is 8. The van der Waals surface area contributed by atoms with E-state index in [1.165, 1.54) is 21.1 Å². The van der Waals surface area contributed by atoms with Gasteiger partial charge in [-0.05, 0) is 90.8 Å². The second-order valence-corrected chi connectivity index (χ2v) is 23.6. The molecule has 0 radical (unpaired) electrons. The molecule has 23 heteroatoms. The first-order valence-electron chi connectivity index (χ1n) is 29.6. The number of carbonyl (C=O) groups is 8. The lowest BCUT2D eigenvalue weighted by atomic mass is 9.89. The minimum atomic E-state index is -1.02. The lowest BCUT2D eigenvalue weighted by molar-refractivity contribution is -0.233. The lowest BCUT2D eigenvalue weighted by Crippen LogP contribution is -2.59. The van der Waals surface area contributed by atoms with Gasteiger partial charge in [-0.2, -0.15) is 0 Å². The molecule has 83 heavy (non-hydrogen) atoms. The number of nitrogens with one attached hydrogen (secondary N) is 5. The number of amides is 7. The first-order chi connectivity index (χ1) is 39.0. The Hall–Kier alpha value is -5.46. The van der Waals surface area contributed by atoms with Crippen molar-refractivity contribution in [3.8, 4) is 0 Å². The zero-order chi connectivity index (χ0) is 62.7. The molecule has 1 fully saturated rings. The third-order valence-electron chi connectivity index (χ3n) is 14.9. The smallest absolute Gasteiger partial charge is 0.407 e. The van der Waals surface area contributed by atoms with Crippen LogP contribution in [0.4, 0.5) is 4.79 Å². The third kappa shape index (κ3) is 25.0. The van der Waals surface area contributed by atoms with Gasteiger partial charge in [0.25, 0.3) is 0 Å². The summed E-state index contributed by atoms with van der Waals surface area (Å²) in [6.45, 7) is 22.0. The van der Waals surface area contributed by atoms with Crippen LogP contribution < -0.4 is 26.6 Å². The number of aliphatic hydroxyl groups is 1. The number of methoxy groups -OCH3 is 2. The molecule has 1 heterocycles. The number of aliphatic hydroxyl groups excluding tert-OH is 1. The molecule has 0 saturated carbocycles. The largest absolute Gasteiger partial charge is 0.464 e. The van der Waals surface area contributed by atoms with Crippen molar-refractivity contribution in [1.82, 2.24) is 41.3 Å². The number of hydrogen-bond donors (Lipinski definition) is 6. The van der Waals surface area contributed by atoms with Gasteiger partial charge in [-0.15, -0.1) is 0 Å².